The highest BCUT2D eigenvalue weighted by atomic mass is 35.5. The van der Waals surface area contributed by atoms with Crippen LogP contribution in [0.3, 0.4) is 0 Å². The Kier molecular flexibility index (Phi) is 9.06. The Balaban J connectivity index is 0.00000289. The molecule has 0 bridgehead atoms. The first-order chi connectivity index (χ1) is 8.22. The van der Waals surface area contributed by atoms with Crippen LogP contribution in [0.2, 0.25) is 0 Å². The van der Waals surface area contributed by atoms with E-state index in [-0.39, 0.29) is 24.4 Å². The zero-order valence-corrected chi connectivity index (χ0v) is 12.7. The normalized spacial score (nSPS) is 12.0. The number of rotatable bonds is 7. The van der Waals surface area contributed by atoms with Crippen LogP contribution in [0, 0.1) is 5.92 Å². The van der Waals surface area contributed by atoms with Crippen molar-refractivity contribution in [3.63, 3.8) is 0 Å². The van der Waals surface area contributed by atoms with E-state index < -0.39 is 0 Å². The summed E-state index contributed by atoms with van der Waals surface area (Å²) < 4.78 is 0. The van der Waals surface area contributed by atoms with Crippen molar-refractivity contribution in [2.45, 2.75) is 39.2 Å². The standard InChI is InChI=1S/C13H22N2OS.ClH/c1-3-10(4-2)13(11-6-5-9-17-11)15-12(16)7-8-14;/h5-6,9-10,13H,3-4,7-8,14H2,1-2H3,(H,15,16);1H. The molecule has 1 rings (SSSR count). The SMILES string of the molecule is CCC(CC)C(NC(=O)CCN)c1cccs1.Cl. The summed E-state index contributed by atoms with van der Waals surface area (Å²) in [5.41, 5.74) is 5.41. The fourth-order valence-corrected chi connectivity index (χ4v) is 2.90. The lowest BCUT2D eigenvalue weighted by Crippen LogP contribution is -2.33. The number of carbonyl (C=O) groups excluding carboxylic acids is 1. The number of nitrogens with one attached hydrogen (secondary N) is 1. The van der Waals surface area contributed by atoms with Crippen LogP contribution < -0.4 is 11.1 Å². The van der Waals surface area contributed by atoms with E-state index in [1.165, 1.54) is 4.88 Å². The van der Waals surface area contributed by atoms with Gasteiger partial charge >= 0.3 is 0 Å². The molecule has 0 fully saturated rings. The molecule has 0 saturated carbocycles. The highest BCUT2D eigenvalue weighted by Gasteiger charge is 2.22. The molecular weight excluding hydrogens is 268 g/mol. The molecule has 0 aliphatic carbocycles. The van der Waals surface area contributed by atoms with Crippen molar-refractivity contribution in [2.24, 2.45) is 11.7 Å². The van der Waals surface area contributed by atoms with E-state index in [1.54, 1.807) is 11.3 Å². The molecule has 1 atom stereocenters. The van der Waals surface area contributed by atoms with E-state index >= 15 is 0 Å². The third-order valence-electron chi connectivity index (χ3n) is 3.06. The number of hydrogen-bond donors (Lipinski definition) is 2. The van der Waals surface area contributed by atoms with Gasteiger partial charge in [-0.15, -0.1) is 23.7 Å². The highest BCUT2D eigenvalue weighted by molar-refractivity contribution is 7.10. The van der Waals surface area contributed by atoms with Gasteiger partial charge in [-0.05, 0) is 17.4 Å². The minimum atomic E-state index is 0. The Hall–Kier alpha value is -0.580. The maximum absolute atomic E-state index is 11.7. The molecule has 1 aromatic heterocycles. The van der Waals surface area contributed by atoms with Crippen molar-refractivity contribution < 1.29 is 4.79 Å². The largest absolute Gasteiger partial charge is 0.348 e. The van der Waals surface area contributed by atoms with Crippen LogP contribution in [0.1, 0.15) is 44.0 Å². The van der Waals surface area contributed by atoms with Crippen LogP contribution in [-0.4, -0.2) is 12.5 Å². The van der Waals surface area contributed by atoms with Crippen LogP contribution in [0.5, 0.6) is 0 Å². The van der Waals surface area contributed by atoms with Gasteiger partial charge in [-0.25, -0.2) is 0 Å². The van der Waals surface area contributed by atoms with Crippen molar-refractivity contribution in [2.75, 3.05) is 6.54 Å². The average Bonchev–Trinajstić information content (AvgIpc) is 2.83. The van der Waals surface area contributed by atoms with Crippen LogP contribution in [0.4, 0.5) is 0 Å². The van der Waals surface area contributed by atoms with Crippen molar-refractivity contribution in [1.29, 1.82) is 0 Å². The van der Waals surface area contributed by atoms with Crippen LogP contribution >= 0.6 is 23.7 Å². The maximum atomic E-state index is 11.7. The summed E-state index contributed by atoms with van der Waals surface area (Å²) in [4.78, 5) is 12.9. The van der Waals surface area contributed by atoms with Gasteiger partial charge in [0.05, 0.1) is 6.04 Å². The van der Waals surface area contributed by atoms with E-state index in [1.807, 2.05) is 6.07 Å². The molecule has 3 nitrogen and oxygen atoms in total. The minimum absolute atomic E-state index is 0. The van der Waals surface area contributed by atoms with Gasteiger partial charge in [0.15, 0.2) is 0 Å². The number of nitrogens with two attached hydrogens (primary N) is 1. The minimum Gasteiger partial charge on any atom is -0.348 e. The van der Waals surface area contributed by atoms with Gasteiger partial charge in [-0.1, -0.05) is 32.8 Å². The van der Waals surface area contributed by atoms with E-state index in [0.29, 0.717) is 18.9 Å². The number of hydrogen-bond acceptors (Lipinski definition) is 3. The van der Waals surface area contributed by atoms with Crippen LogP contribution in [-0.2, 0) is 4.79 Å². The van der Waals surface area contributed by atoms with Crippen LogP contribution in [0.25, 0.3) is 0 Å². The fraction of sp³-hybridized carbons (Fsp3) is 0.615. The first-order valence-electron chi connectivity index (χ1n) is 6.25. The summed E-state index contributed by atoms with van der Waals surface area (Å²) in [7, 11) is 0. The molecule has 0 aliphatic rings. The van der Waals surface area contributed by atoms with Crippen molar-refractivity contribution in [3.05, 3.63) is 22.4 Å². The Morgan fingerprint density at radius 1 is 1.44 bits per heavy atom. The molecule has 3 N–H and O–H groups in total. The van der Waals surface area contributed by atoms with Gasteiger partial charge in [0.1, 0.15) is 0 Å². The molecule has 1 amide bonds. The molecule has 1 unspecified atom stereocenters. The van der Waals surface area contributed by atoms with Gasteiger partial charge in [0.25, 0.3) is 0 Å². The van der Waals surface area contributed by atoms with Gasteiger partial charge in [-0.3, -0.25) is 4.79 Å². The van der Waals surface area contributed by atoms with Crippen molar-refractivity contribution in [3.8, 4) is 0 Å². The second-order valence-corrected chi connectivity index (χ2v) is 5.16. The third kappa shape index (κ3) is 4.96. The van der Waals surface area contributed by atoms with Gasteiger partial charge < -0.3 is 11.1 Å². The first kappa shape index (κ1) is 17.4. The summed E-state index contributed by atoms with van der Waals surface area (Å²) in [6, 6.07) is 4.27. The average molecular weight is 291 g/mol. The highest BCUT2D eigenvalue weighted by Crippen LogP contribution is 2.30. The zero-order chi connectivity index (χ0) is 12.7. The predicted octanol–water partition coefficient (Wildman–Crippen LogP) is 3.11. The lowest BCUT2D eigenvalue weighted by atomic mass is 9.93. The maximum Gasteiger partial charge on any atom is 0.221 e. The predicted molar refractivity (Wildman–Crippen MR) is 80.2 cm³/mol. The summed E-state index contributed by atoms with van der Waals surface area (Å²) in [6.45, 7) is 4.75. The van der Waals surface area contributed by atoms with E-state index in [9.17, 15) is 4.79 Å². The second kappa shape index (κ2) is 9.36. The molecule has 104 valence electrons. The Bertz CT molecular complexity index is 326. The molecule has 18 heavy (non-hydrogen) atoms. The summed E-state index contributed by atoms with van der Waals surface area (Å²) >= 11 is 1.70. The van der Waals surface area contributed by atoms with Crippen molar-refractivity contribution in [1.82, 2.24) is 5.32 Å². The van der Waals surface area contributed by atoms with E-state index in [2.05, 4.69) is 30.6 Å². The molecule has 0 saturated heterocycles. The monoisotopic (exact) mass is 290 g/mol. The molecule has 0 aliphatic heterocycles. The number of halogens is 1. The van der Waals surface area contributed by atoms with Gasteiger partial charge in [-0.2, -0.15) is 0 Å². The molecule has 0 spiro atoms. The molecule has 1 aromatic rings. The second-order valence-electron chi connectivity index (χ2n) is 4.18. The smallest absolute Gasteiger partial charge is 0.221 e. The number of thiophene rings is 1. The Labute approximate surface area is 120 Å². The summed E-state index contributed by atoms with van der Waals surface area (Å²) in [5.74, 6) is 0.549. The van der Waals surface area contributed by atoms with E-state index in [4.69, 9.17) is 5.73 Å². The number of carbonyl (C=O) groups is 1. The molecule has 1 heterocycles. The van der Waals surface area contributed by atoms with Crippen molar-refractivity contribution >= 4 is 29.7 Å². The van der Waals surface area contributed by atoms with Gasteiger partial charge in [0.2, 0.25) is 5.91 Å². The molecule has 0 aromatic carbocycles. The molecule has 5 heteroatoms. The Morgan fingerprint density at radius 2 is 2.11 bits per heavy atom. The Morgan fingerprint density at radius 3 is 2.56 bits per heavy atom. The zero-order valence-electron chi connectivity index (χ0n) is 11.0. The first-order valence-corrected chi connectivity index (χ1v) is 7.13. The lowest BCUT2D eigenvalue weighted by molar-refractivity contribution is -0.122. The van der Waals surface area contributed by atoms with E-state index in [0.717, 1.165) is 12.8 Å². The molecular formula is C13H23ClN2OS. The fourth-order valence-electron chi connectivity index (χ4n) is 2.03. The number of amides is 1. The van der Waals surface area contributed by atoms with Gasteiger partial charge in [0, 0.05) is 17.8 Å². The summed E-state index contributed by atoms with van der Waals surface area (Å²) in [6.07, 6.45) is 2.55. The topological polar surface area (TPSA) is 55.1 Å². The lowest BCUT2D eigenvalue weighted by Gasteiger charge is -2.25. The van der Waals surface area contributed by atoms with Crippen LogP contribution in [0.15, 0.2) is 17.5 Å². The quantitative estimate of drug-likeness (QED) is 0.811. The third-order valence-corrected chi connectivity index (χ3v) is 4.01. The molecule has 0 radical (unpaired) electrons. The summed E-state index contributed by atoms with van der Waals surface area (Å²) in [5, 5.41) is 5.17.